The van der Waals surface area contributed by atoms with Crippen LogP contribution >= 0.6 is 0 Å². The van der Waals surface area contributed by atoms with Gasteiger partial charge in [0, 0.05) is 32.0 Å². The summed E-state index contributed by atoms with van der Waals surface area (Å²) in [6.45, 7) is 6.11. The van der Waals surface area contributed by atoms with Crippen molar-refractivity contribution in [1.29, 1.82) is 0 Å². The molecule has 1 aromatic rings. The minimum Gasteiger partial charge on any atom is -0.312 e. The summed E-state index contributed by atoms with van der Waals surface area (Å²) in [6, 6.07) is 3.84. The van der Waals surface area contributed by atoms with E-state index in [1.54, 1.807) is 0 Å². The van der Waals surface area contributed by atoms with Gasteiger partial charge in [0.15, 0.2) is 0 Å². The number of aromatic nitrogens is 1. The molecule has 3 fully saturated rings. The molecule has 6 nitrogen and oxygen atoms in total. The topological polar surface area (TPSA) is 56.8 Å². The van der Waals surface area contributed by atoms with Gasteiger partial charge in [0.1, 0.15) is 6.04 Å². The summed E-state index contributed by atoms with van der Waals surface area (Å²) in [4.78, 5) is 34.5. The van der Waals surface area contributed by atoms with E-state index in [-0.39, 0.29) is 23.4 Å². The maximum Gasteiger partial charge on any atom is 0.327 e. The Morgan fingerprint density at radius 2 is 1.92 bits per heavy atom. The molecule has 24 heavy (non-hydrogen) atoms. The van der Waals surface area contributed by atoms with Crippen LogP contribution in [0.2, 0.25) is 0 Å². The van der Waals surface area contributed by atoms with E-state index in [1.165, 1.54) is 10.5 Å². The molecule has 128 valence electrons. The van der Waals surface area contributed by atoms with Crippen LogP contribution in [0.15, 0.2) is 24.5 Å². The molecular weight excluding hydrogens is 304 g/mol. The third-order valence-corrected chi connectivity index (χ3v) is 5.92. The van der Waals surface area contributed by atoms with Crippen LogP contribution in [0.1, 0.15) is 31.7 Å². The molecule has 4 rings (SSSR count). The molecule has 0 bridgehead atoms. The molecule has 0 aliphatic carbocycles. The van der Waals surface area contributed by atoms with Crippen LogP contribution < -0.4 is 0 Å². The number of carbonyl (C=O) groups excluding carboxylic acids is 2. The Balaban J connectivity index is 1.38. The third kappa shape index (κ3) is 2.49. The number of pyridine rings is 1. The zero-order chi connectivity index (χ0) is 16.7. The number of rotatable bonds is 3. The van der Waals surface area contributed by atoms with Crippen LogP contribution in [0.4, 0.5) is 4.79 Å². The second-order valence-corrected chi connectivity index (χ2v) is 7.34. The molecule has 3 saturated heterocycles. The maximum atomic E-state index is 12.4. The van der Waals surface area contributed by atoms with Crippen LogP contribution in [0.3, 0.4) is 0 Å². The summed E-state index contributed by atoms with van der Waals surface area (Å²) in [7, 11) is 0. The average Bonchev–Trinajstić information content (AvgIpc) is 3.07. The monoisotopic (exact) mass is 328 g/mol. The molecule has 0 saturated carbocycles. The van der Waals surface area contributed by atoms with Crippen molar-refractivity contribution >= 4 is 11.9 Å². The van der Waals surface area contributed by atoms with Gasteiger partial charge in [0.2, 0.25) is 0 Å². The molecule has 0 aromatic carbocycles. The van der Waals surface area contributed by atoms with Crippen molar-refractivity contribution in [2.75, 3.05) is 26.2 Å². The highest BCUT2D eigenvalue weighted by atomic mass is 16.2. The molecule has 4 heterocycles. The fourth-order valence-electron chi connectivity index (χ4n) is 4.49. The van der Waals surface area contributed by atoms with Crippen molar-refractivity contribution in [2.24, 2.45) is 5.41 Å². The number of piperidine rings is 1. The molecule has 1 unspecified atom stereocenters. The molecule has 1 atom stereocenters. The summed E-state index contributed by atoms with van der Waals surface area (Å²) < 4.78 is 0. The van der Waals surface area contributed by atoms with Crippen molar-refractivity contribution in [2.45, 2.75) is 38.8 Å². The molecule has 6 heteroatoms. The van der Waals surface area contributed by atoms with Crippen molar-refractivity contribution in [3.8, 4) is 0 Å². The number of fused-ring (bicyclic) bond motifs is 1. The van der Waals surface area contributed by atoms with E-state index < -0.39 is 0 Å². The highest BCUT2D eigenvalue weighted by molar-refractivity contribution is 6.04. The number of carbonyl (C=O) groups is 2. The first-order chi connectivity index (χ1) is 11.6. The first-order valence-corrected chi connectivity index (χ1v) is 8.85. The minimum atomic E-state index is -0.204. The summed E-state index contributed by atoms with van der Waals surface area (Å²) >= 11 is 0. The first kappa shape index (κ1) is 15.6. The van der Waals surface area contributed by atoms with E-state index in [1.807, 2.05) is 24.2 Å². The van der Waals surface area contributed by atoms with E-state index in [0.29, 0.717) is 6.54 Å². The zero-order valence-corrected chi connectivity index (χ0v) is 14.1. The van der Waals surface area contributed by atoms with Crippen molar-refractivity contribution < 1.29 is 9.59 Å². The Kier molecular flexibility index (Phi) is 3.79. The highest BCUT2D eigenvalue weighted by Crippen LogP contribution is 2.46. The van der Waals surface area contributed by atoms with Gasteiger partial charge in [-0.1, -0.05) is 0 Å². The largest absolute Gasteiger partial charge is 0.327 e. The first-order valence-electron chi connectivity index (χ1n) is 8.85. The maximum absolute atomic E-state index is 12.4. The molecule has 3 aliphatic heterocycles. The fraction of sp³-hybridized carbons (Fsp3) is 0.611. The van der Waals surface area contributed by atoms with Crippen LogP contribution in [0, 0.1) is 5.41 Å². The second-order valence-electron chi connectivity index (χ2n) is 7.34. The van der Waals surface area contributed by atoms with E-state index in [9.17, 15) is 9.59 Å². The summed E-state index contributed by atoms with van der Waals surface area (Å²) in [5.41, 5.74) is 1.43. The lowest BCUT2D eigenvalue weighted by atomic mass is 9.76. The predicted molar refractivity (Wildman–Crippen MR) is 89.1 cm³/mol. The summed E-state index contributed by atoms with van der Waals surface area (Å²) in [6.07, 6.45) is 6.65. The van der Waals surface area contributed by atoms with Gasteiger partial charge in [0.05, 0.1) is 0 Å². The van der Waals surface area contributed by atoms with E-state index in [4.69, 9.17) is 0 Å². The van der Waals surface area contributed by atoms with Crippen molar-refractivity contribution in [1.82, 2.24) is 19.7 Å². The fourth-order valence-corrected chi connectivity index (χ4v) is 4.49. The summed E-state index contributed by atoms with van der Waals surface area (Å²) in [5.74, 6) is 0.0126. The molecule has 1 aromatic heterocycles. The standard InChI is InChI=1S/C18H24N4O2/c1-2-21-16(23)15-11-18(13-22(15)17(21)24)5-9-20(10-6-18)12-14-3-7-19-8-4-14/h3-4,7-8,15H,2,5-6,9-13H2,1H3. The van der Waals surface area contributed by atoms with Gasteiger partial charge in [0.25, 0.3) is 5.91 Å². The lowest BCUT2D eigenvalue weighted by molar-refractivity contribution is -0.128. The number of hydrogen-bond acceptors (Lipinski definition) is 4. The quantitative estimate of drug-likeness (QED) is 0.793. The van der Waals surface area contributed by atoms with Gasteiger partial charge in [-0.2, -0.15) is 0 Å². The number of imide groups is 1. The lowest BCUT2D eigenvalue weighted by Gasteiger charge is -2.39. The van der Waals surface area contributed by atoms with Crippen LogP contribution in [0.5, 0.6) is 0 Å². The van der Waals surface area contributed by atoms with Crippen LogP contribution in [0.25, 0.3) is 0 Å². The number of hydrogen-bond donors (Lipinski definition) is 0. The summed E-state index contributed by atoms with van der Waals surface area (Å²) in [5, 5.41) is 0. The normalized spacial score (nSPS) is 26.5. The van der Waals surface area contributed by atoms with E-state index in [0.717, 1.165) is 45.4 Å². The lowest BCUT2D eigenvalue weighted by Crippen LogP contribution is -2.43. The van der Waals surface area contributed by atoms with E-state index in [2.05, 4.69) is 22.0 Å². The smallest absolute Gasteiger partial charge is 0.312 e. The Morgan fingerprint density at radius 1 is 1.21 bits per heavy atom. The van der Waals surface area contributed by atoms with E-state index >= 15 is 0 Å². The molecule has 3 aliphatic rings. The van der Waals surface area contributed by atoms with Crippen LogP contribution in [-0.2, 0) is 11.3 Å². The number of likely N-dealkylation sites (N-methyl/N-ethyl adjacent to an activating group) is 1. The van der Waals surface area contributed by atoms with Gasteiger partial charge in [-0.25, -0.2) is 4.79 Å². The number of likely N-dealkylation sites (tertiary alicyclic amines) is 1. The Labute approximate surface area is 142 Å². The van der Waals surface area contributed by atoms with Gasteiger partial charge in [-0.05, 0) is 62.4 Å². The van der Waals surface area contributed by atoms with Crippen LogP contribution in [-0.4, -0.2) is 63.8 Å². The number of amides is 3. The molecular formula is C18H24N4O2. The molecule has 0 radical (unpaired) electrons. The Bertz CT molecular complexity index is 614. The molecule has 1 spiro atoms. The Hall–Kier alpha value is -1.95. The van der Waals surface area contributed by atoms with Gasteiger partial charge >= 0.3 is 6.03 Å². The second kappa shape index (κ2) is 5.84. The van der Waals surface area contributed by atoms with Gasteiger partial charge in [-0.15, -0.1) is 0 Å². The molecule has 0 N–H and O–H groups in total. The highest BCUT2D eigenvalue weighted by Gasteiger charge is 2.55. The SMILES string of the molecule is CCN1C(=O)C2CC3(CCN(Cc4ccncc4)CC3)CN2C1=O. The van der Waals surface area contributed by atoms with Gasteiger partial charge < -0.3 is 4.90 Å². The minimum absolute atomic E-state index is 0.0126. The van der Waals surface area contributed by atoms with Crippen molar-refractivity contribution in [3.05, 3.63) is 30.1 Å². The number of urea groups is 1. The van der Waals surface area contributed by atoms with Crippen molar-refractivity contribution in [3.63, 3.8) is 0 Å². The number of nitrogens with zero attached hydrogens (tertiary/aromatic N) is 4. The zero-order valence-electron chi connectivity index (χ0n) is 14.1. The average molecular weight is 328 g/mol. The Morgan fingerprint density at radius 3 is 2.54 bits per heavy atom. The third-order valence-electron chi connectivity index (χ3n) is 5.92. The predicted octanol–water partition coefficient (Wildman–Crippen LogP) is 1.72. The molecule has 3 amide bonds. The van der Waals surface area contributed by atoms with Gasteiger partial charge in [-0.3, -0.25) is 19.6 Å².